The largest absolute Gasteiger partial charge is 0.359 e. The van der Waals surface area contributed by atoms with Crippen LogP contribution in [0.2, 0.25) is 0 Å². The van der Waals surface area contributed by atoms with Crippen molar-refractivity contribution >= 4 is 28.3 Å². The number of aromatic nitrogens is 1. The molecule has 2 amide bonds. The van der Waals surface area contributed by atoms with Crippen molar-refractivity contribution < 1.29 is 9.59 Å². The van der Waals surface area contributed by atoms with Gasteiger partial charge in [-0.3, -0.25) is 9.59 Å². The van der Waals surface area contributed by atoms with Crippen LogP contribution in [0.3, 0.4) is 0 Å². The van der Waals surface area contributed by atoms with E-state index in [1.165, 1.54) is 24.2 Å². The molecule has 2 rings (SSSR count). The van der Waals surface area contributed by atoms with Crippen LogP contribution in [0.15, 0.2) is 5.38 Å². The van der Waals surface area contributed by atoms with Gasteiger partial charge in [-0.25, -0.2) is 4.98 Å². The zero-order valence-corrected chi connectivity index (χ0v) is 14.0. The van der Waals surface area contributed by atoms with Gasteiger partial charge in [0.05, 0.1) is 0 Å². The van der Waals surface area contributed by atoms with E-state index in [4.69, 9.17) is 0 Å². The van der Waals surface area contributed by atoms with Crippen LogP contribution in [0.4, 0.5) is 5.13 Å². The lowest BCUT2D eigenvalue weighted by atomic mass is 10.2. The first-order chi connectivity index (χ1) is 10.6. The summed E-state index contributed by atoms with van der Waals surface area (Å²) in [6.45, 7) is 5.90. The molecule has 0 aromatic carbocycles. The standard InChI is InChI=1S/C15H24N4O2S/c1-3-19(4-2)13(20)6-5-9-16-14(21)12-10-22-15(18-12)17-11-7-8-11/h10-11H,3-9H2,1-2H3,(H,16,21)(H,17,18). The van der Waals surface area contributed by atoms with Gasteiger partial charge < -0.3 is 15.5 Å². The predicted octanol–water partition coefficient (Wildman–Crippen LogP) is 2.10. The molecule has 0 unspecified atom stereocenters. The summed E-state index contributed by atoms with van der Waals surface area (Å²) >= 11 is 1.46. The van der Waals surface area contributed by atoms with Gasteiger partial charge in [0.2, 0.25) is 5.91 Å². The molecular weight excluding hydrogens is 300 g/mol. The number of rotatable bonds is 9. The number of thiazole rings is 1. The molecule has 2 N–H and O–H groups in total. The van der Waals surface area contributed by atoms with E-state index in [0.717, 1.165) is 18.2 Å². The van der Waals surface area contributed by atoms with Gasteiger partial charge in [0.15, 0.2) is 5.13 Å². The van der Waals surface area contributed by atoms with E-state index in [1.54, 1.807) is 10.3 Å². The first-order valence-electron chi connectivity index (χ1n) is 7.92. The number of amides is 2. The molecular formula is C15H24N4O2S. The molecule has 0 atom stereocenters. The van der Waals surface area contributed by atoms with Gasteiger partial charge >= 0.3 is 0 Å². The molecule has 6 nitrogen and oxygen atoms in total. The van der Waals surface area contributed by atoms with E-state index in [1.807, 2.05) is 13.8 Å². The second-order valence-electron chi connectivity index (χ2n) is 5.38. The Morgan fingerprint density at radius 3 is 2.73 bits per heavy atom. The Hall–Kier alpha value is -1.63. The molecule has 0 saturated heterocycles. The van der Waals surface area contributed by atoms with Crippen molar-refractivity contribution in [2.24, 2.45) is 0 Å². The Labute approximate surface area is 135 Å². The fourth-order valence-electron chi connectivity index (χ4n) is 2.11. The van der Waals surface area contributed by atoms with Crippen molar-refractivity contribution in [2.75, 3.05) is 25.0 Å². The van der Waals surface area contributed by atoms with Crippen molar-refractivity contribution in [1.82, 2.24) is 15.2 Å². The molecule has 1 aliphatic rings. The quantitative estimate of drug-likeness (QED) is 0.682. The molecule has 0 aliphatic heterocycles. The molecule has 7 heteroatoms. The summed E-state index contributed by atoms with van der Waals surface area (Å²) in [6, 6.07) is 0.535. The van der Waals surface area contributed by atoms with E-state index in [9.17, 15) is 9.59 Å². The number of nitrogens with zero attached hydrogens (tertiary/aromatic N) is 2. The Balaban J connectivity index is 1.66. The molecule has 1 aromatic rings. The third-order valence-corrected chi connectivity index (χ3v) is 4.38. The Kier molecular flexibility index (Phi) is 6.18. The molecule has 1 aliphatic carbocycles. The summed E-state index contributed by atoms with van der Waals surface area (Å²) in [4.78, 5) is 29.9. The van der Waals surface area contributed by atoms with Crippen LogP contribution in [0.25, 0.3) is 0 Å². The van der Waals surface area contributed by atoms with Crippen LogP contribution >= 0.6 is 11.3 Å². The molecule has 0 spiro atoms. The summed E-state index contributed by atoms with van der Waals surface area (Å²) < 4.78 is 0. The first-order valence-corrected chi connectivity index (χ1v) is 8.80. The van der Waals surface area contributed by atoms with Crippen molar-refractivity contribution in [2.45, 2.75) is 45.6 Å². The summed E-state index contributed by atoms with van der Waals surface area (Å²) in [6.07, 6.45) is 3.48. The lowest BCUT2D eigenvalue weighted by Gasteiger charge is -2.18. The van der Waals surface area contributed by atoms with Crippen LogP contribution in [0.1, 0.15) is 50.0 Å². The van der Waals surface area contributed by atoms with E-state index in [0.29, 0.717) is 31.1 Å². The highest BCUT2D eigenvalue weighted by Crippen LogP contribution is 2.26. The van der Waals surface area contributed by atoms with Crippen LogP contribution in [0.5, 0.6) is 0 Å². The fourth-order valence-corrected chi connectivity index (χ4v) is 2.88. The van der Waals surface area contributed by atoms with Crippen molar-refractivity contribution in [1.29, 1.82) is 0 Å². The van der Waals surface area contributed by atoms with Gasteiger partial charge in [0.25, 0.3) is 5.91 Å². The molecule has 22 heavy (non-hydrogen) atoms. The minimum atomic E-state index is -0.171. The normalized spacial score (nSPS) is 13.7. The molecule has 0 bridgehead atoms. The summed E-state index contributed by atoms with van der Waals surface area (Å²) in [5, 5.41) is 8.67. The van der Waals surface area contributed by atoms with Gasteiger partial charge in [-0.1, -0.05) is 0 Å². The number of nitrogens with one attached hydrogen (secondary N) is 2. The van der Waals surface area contributed by atoms with E-state index >= 15 is 0 Å². The van der Waals surface area contributed by atoms with Gasteiger partial charge in [-0.15, -0.1) is 11.3 Å². The molecule has 1 saturated carbocycles. The van der Waals surface area contributed by atoms with E-state index in [2.05, 4.69) is 15.6 Å². The summed E-state index contributed by atoms with van der Waals surface area (Å²) in [5.74, 6) is -0.0285. The molecule has 122 valence electrons. The fraction of sp³-hybridized carbons (Fsp3) is 0.667. The molecule has 0 radical (unpaired) electrons. The van der Waals surface area contributed by atoms with Crippen molar-refractivity contribution in [3.05, 3.63) is 11.1 Å². The van der Waals surface area contributed by atoms with E-state index in [-0.39, 0.29) is 11.8 Å². The third-order valence-electron chi connectivity index (χ3n) is 3.61. The van der Waals surface area contributed by atoms with Gasteiger partial charge in [-0.2, -0.15) is 0 Å². The van der Waals surface area contributed by atoms with E-state index < -0.39 is 0 Å². The lowest BCUT2D eigenvalue weighted by Crippen LogP contribution is -2.31. The topological polar surface area (TPSA) is 74.3 Å². The van der Waals surface area contributed by atoms with Crippen LogP contribution < -0.4 is 10.6 Å². The zero-order valence-electron chi connectivity index (χ0n) is 13.2. The minimum Gasteiger partial charge on any atom is -0.359 e. The van der Waals surface area contributed by atoms with Gasteiger partial charge in [0, 0.05) is 37.5 Å². The van der Waals surface area contributed by atoms with Crippen LogP contribution in [-0.2, 0) is 4.79 Å². The third kappa shape index (κ3) is 4.98. The molecule has 1 aromatic heterocycles. The van der Waals surface area contributed by atoms with Crippen molar-refractivity contribution in [3.63, 3.8) is 0 Å². The maximum absolute atomic E-state index is 12.0. The first kappa shape index (κ1) is 16.7. The minimum absolute atomic E-state index is 0.142. The number of carbonyl (C=O) groups is 2. The smallest absolute Gasteiger partial charge is 0.270 e. The van der Waals surface area contributed by atoms with Crippen LogP contribution in [-0.4, -0.2) is 47.4 Å². The maximum atomic E-state index is 12.0. The average Bonchev–Trinajstić information content (AvgIpc) is 3.20. The zero-order chi connectivity index (χ0) is 15.9. The van der Waals surface area contributed by atoms with Crippen molar-refractivity contribution in [3.8, 4) is 0 Å². The second kappa shape index (κ2) is 8.12. The highest BCUT2D eigenvalue weighted by atomic mass is 32.1. The number of anilines is 1. The second-order valence-corrected chi connectivity index (χ2v) is 6.24. The Morgan fingerprint density at radius 2 is 2.09 bits per heavy atom. The Bertz CT molecular complexity index is 509. The maximum Gasteiger partial charge on any atom is 0.270 e. The SMILES string of the molecule is CCN(CC)C(=O)CCCNC(=O)c1csc(NC2CC2)n1. The highest BCUT2D eigenvalue weighted by molar-refractivity contribution is 7.13. The predicted molar refractivity (Wildman–Crippen MR) is 88.3 cm³/mol. The monoisotopic (exact) mass is 324 g/mol. The van der Waals surface area contributed by atoms with Gasteiger partial charge in [-0.05, 0) is 33.1 Å². The molecule has 1 fully saturated rings. The van der Waals surface area contributed by atoms with Gasteiger partial charge in [0.1, 0.15) is 5.69 Å². The number of hydrogen-bond acceptors (Lipinski definition) is 5. The Morgan fingerprint density at radius 1 is 1.36 bits per heavy atom. The summed E-state index contributed by atoms with van der Waals surface area (Å²) in [7, 11) is 0. The number of hydrogen-bond donors (Lipinski definition) is 2. The lowest BCUT2D eigenvalue weighted by molar-refractivity contribution is -0.130. The summed E-state index contributed by atoms with van der Waals surface area (Å²) in [5.41, 5.74) is 0.447. The van der Waals surface area contributed by atoms with Crippen LogP contribution in [0, 0.1) is 0 Å². The average molecular weight is 324 g/mol. The highest BCUT2D eigenvalue weighted by Gasteiger charge is 2.22. The number of carbonyl (C=O) groups excluding carboxylic acids is 2. The molecule has 1 heterocycles.